The maximum absolute atomic E-state index is 5.45. The van der Waals surface area contributed by atoms with Crippen LogP contribution in [0.15, 0.2) is 41.1 Å². The van der Waals surface area contributed by atoms with Crippen LogP contribution in [-0.4, -0.2) is 11.2 Å². The molecule has 0 amide bonds. The summed E-state index contributed by atoms with van der Waals surface area (Å²) in [5.74, 6) is 0.911. The Morgan fingerprint density at radius 2 is 2.21 bits per heavy atom. The summed E-state index contributed by atoms with van der Waals surface area (Å²) < 4.78 is 6.74. The van der Waals surface area contributed by atoms with Crippen LogP contribution in [0.5, 0.6) is 0 Å². The van der Waals surface area contributed by atoms with Gasteiger partial charge in [0.05, 0.1) is 11.1 Å². The molecular weight excluding hydrogens is 256 g/mol. The highest BCUT2D eigenvalue weighted by Gasteiger charge is 2.22. The van der Waals surface area contributed by atoms with Crippen LogP contribution in [0.2, 0.25) is 0 Å². The topological polar surface area (TPSA) is 38.1 Å². The second kappa shape index (κ2) is 4.47. The Balaban J connectivity index is 1.68. The summed E-state index contributed by atoms with van der Waals surface area (Å²) in [6.07, 6.45) is 4.42. The summed E-state index contributed by atoms with van der Waals surface area (Å²) in [4.78, 5) is 1.16. The molecule has 3 nitrogen and oxygen atoms in total. The molecule has 1 aliphatic rings. The molecule has 19 heavy (non-hydrogen) atoms. The number of rotatable bonds is 4. The van der Waals surface area contributed by atoms with Crippen LogP contribution in [-0.2, 0) is 6.54 Å². The minimum Gasteiger partial charge on any atom is -0.355 e. The highest BCUT2D eigenvalue weighted by molar-refractivity contribution is 7.22. The van der Waals surface area contributed by atoms with Crippen molar-refractivity contribution in [1.82, 2.24) is 10.5 Å². The fourth-order valence-electron chi connectivity index (χ4n) is 2.22. The normalized spacial score (nSPS) is 15.2. The van der Waals surface area contributed by atoms with Crippen LogP contribution < -0.4 is 5.32 Å². The molecule has 0 spiro atoms. The zero-order valence-electron chi connectivity index (χ0n) is 10.4. The maximum atomic E-state index is 5.45. The number of hydrogen-bond acceptors (Lipinski definition) is 4. The van der Waals surface area contributed by atoms with Crippen LogP contribution in [0, 0.1) is 0 Å². The highest BCUT2D eigenvalue weighted by Crippen LogP contribution is 2.35. The second-order valence-corrected chi connectivity index (χ2v) is 6.07. The number of aromatic nitrogens is 1. The largest absolute Gasteiger partial charge is 0.355 e. The van der Waals surface area contributed by atoms with E-state index in [0.29, 0.717) is 6.04 Å². The summed E-state index contributed by atoms with van der Waals surface area (Å²) in [5.41, 5.74) is 1.15. The third kappa shape index (κ3) is 2.17. The first-order valence-corrected chi connectivity index (χ1v) is 7.38. The first kappa shape index (κ1) is 11.2. The molecule has 2 aromatic heterocycles. The second-order valence-electron chi connectivity index (χ2n) is 4.98. The first-order chi connectivity index (χ1) is 9.40. The van der Waals surface area contributed by atoms with Crippen LogP contribution >= 0.6 is 11.3 Å². The van der Waals surface area contributed by atoms with Crippen molar-refractivity contribution in [1.29, 1.82) is 0 Å². The van der Waals surface area contributed by atoms with Crippen LogP contribution in [0.4, 0.5) is 0 Å². The fraction of sp³-hybridized carbons (Fsp3) is 0.267. The van der Waals surface area contributed by atoms with E-state index < -0.39 is 0 Å². The zero-order chi connectivity index (χ0) is 12.7. The van der Waals surface area contributed by atoms with Crippen LogP contribution in [0.3, 0.4) is 0 Å². The lowest BCUT2D eigenvalue weighted by molar-refractivity contribution is 0.432. The quantitative estimate of drug-likeness (QED) is 0.783. The minimum atomic E-state index is 0.699. The van der Waals surface area contributed by atoms with Gasteiger partial charge in [0.1, 0.15) is 0 Å². The van der Waals surface area contributed by atoms with Crippen molar-refractivity contribution in [3.63, 3.8) is 0 Å². The van der Waals surface area contributed by atoms with Crippen molar-refractivity contribution in [3.8, 4) is 10.6 Å². The van der Waals surface area contributed by atoms with Crippen molar-refractivity contribution in [3.05, 3.63) is 42.1 Å². The van der Waals surface area contributed by atoms with Gasteiger partial charge in [0.25, 0.3) is 0 Å². The lowest BCUT2D eigenvalue weighted by Crippen LogP contribution is -2.15. The molecule has 1 saturated carbocycles. The van der Waals surface area contributed by atoms with E-state index in [1.807, 2.05) is 6.20 Å². The molecule has 3 aromatic rings. The van der Waals surface area contributed by atoms with Gasteiger partial charge < -0.3 is 9.84 Å². The van der Waals surface area contributed by atoms with Gasteiger partial charge in [-0.3, -0.25) is 0 Å². The molecule has 0 radical (unpaired) electrons. The van der Waals surface area contributed by atoms with E-state index in [2.05, 4.69) is 40.8 Å². The van der Waals surface area contributed by atoms with E-state index in [-0.39, 0.29) is 0 Å². The van der Waals surface area contributed by atoms with Gasteiger partial charge in [-0.2, -0.15) is 0 Å². The van der Waals surface area contributed by atoms with E-state index in [0.717, 1.165) is 22.7 Å². The number of thiophene rings is 1. The summed E-state index contributed by atoms with van der Waals surface area (Å²) in [7, 11) is 0. The predicted octanol–water partition coefficient (Wildman–Crippen LogP) is 3.81. The Morgan fingerprint density at radius 3 is 3.05 bits per heavy atom. The molecular formula is C15H14N2OS. The zero-order valence-corrected chi connectivity index (χ0v) is 11.2. The SMILES string of the molecule is c1ccc2sc(-c3oncc3CNC3CC3)cc2c1. The Morgan fingerprint density at radius 1 is 1.32 bits per heavy atom. The average Bonchev–Trinajstić information content (AvgIpc) is 3.00. The lowest BCUT2D eigenvalue weighted by Gasteiger charge is -2.00. The summed E-state index contributed by atoms with van der Waals surface area (Å²) in [6.45, 7) is 0.845. The fourth-order valence-corrected chi connectivity index (χ4v) is 3.30. The van der Waals surface area contributed by atoms with E-state index >= 15 is 0 Å². The van der Waals surface area contributed by atoms with Gasteiger partial charge in [0.2, 0.25) is 0 Å². The van der Waals surface area contributed by atoms with Crippen molar-refractivity contribution in [2.45, 2.75) is 25.4 Å². The molecule has 0 saturated heterocycles. The maximum Gasteiger partial charge on any atom is 0.181 e. The number of nitrogens with one attached hydrogen (secondary N) is 1. The van der Waals surface area contributed by atoms with Crippen LogP contribution in [0.1, 0.15) is 18.4 Å². The van der Waals surface area contributed by atoms with E-state index in [1.165, 1.54) is 22.9 Å². The standard InChI is InChI=1S/C15H14N2OS/c1-2-4-13-10(3-1)7-14(19-13)15-11(9-17-18-15)8-16-12-5-6-12/h1-4,7,9,12,16H,5-6,8H2. The van der Waals surface area contributed by atoms with Gasteiger partial charge in [0, 0.05) is 22.8 Å². The molecule has 1 fully saturated rings. The van der Waals surface area contributed by atoms with Gasteiger partial charge in [-0.15, -0.1) is 11.3 Å². The molecule has 1 N–H and O–H groups in total. The van der Waals surface area contributed by atoms with Gasteiger partial charge in [-0.1, -0.05) is 23.4 Å². The minimum absolute atomic E-state index is 0.699. The van der Waals surface area contributed by atoms with E-state index in [9.17, 15) is 0 Å². The number of benzene rings is 1. The molecule has 0 bridgehead atoms. The molecule has 4 rings (SSSR count). The Bertz CT molecular complexity index is 679. The van der Waals surface area contributed by atoms with Crippen molar-refractivity contribution in [2.75, 3.05) is 0 Å². The summed E-state index contributed by atoms with van der Waals surface area (Å²) in [5, 5.41) is 8.73. The number of fused-ring (bicyclic) bond motifs is 1. The first-order valence-electron chi connectivity index (χ1n) is 6.56. The van der Waals surface area contributed by atoms with Gasteiger partial charge in [0.15, 0.2) is 5.76 Å². The van der Waals surface area contributed by atoms with Crippen molar-refractivity contribution in [2.24, 2.45) is 0 Å². The molecule has 1 aliphatic carbocycles. The number of hydrogen-bond donors (Lipinski definition) is 1. The molecule has 96 valence electrons. The molecule has 0 unspecified atom stereocenters. The average molecular weight is 270 g/mol. The highest BCUT2D eigenvalue weighted by atomic mass is 32.1. The lowest BCUT2D eigenvalue weighted by atomic mass is 10.2. The Labute approximate surface area is 115 Å². The predicted molar refractivity (Wildman–Crippen MR) is 77.2 cm³/mol. The van der Waals surface area contributed by atoms with Gasteiger partial charge in [-0.05, 0) is 30.4 Å². The Kier molecular flexibility index (Phi) is 2.64. The van der Waals surface area contributed by atoms with Crippen molar-refractivity contribution < 1.29 is 4.52 Å². The number of nitrogens with zero attached hydrogens (tertiary/aromatic N) is 1. The Hall–Kier alpha value is -1.65. The molecule has 2 heterocycles. The molecule has 4 heteroatoms. The smallest absolute Gasteiger partial charge is 0.181 e. The van der Waals surface area contributed by atoms with Gasteiger partial charge >= 0.3 is 0 Å². The molecule has 1 aromatic carbocycles. The van der Waals surface area contributed by atoms with Gasteiger partial charge in [-0.25, -0.2) is 0 Å². The third-order valence-electron chi connectivity index (χ3n) is 3.45. The summed E-state index contributed by atoms with van der Waals surface area (Å²) >= 11 is 1.76. The third-order valence-corrected chi connectivity index (χ3v) is 4.57. The van der Waals surface area contributed by atoms with E-state index in [1.54, 1.807) is 11.3 Å². The van der Waals surface area contributed by atoms with E-state index in [4.69, 9.17) is 4.52 Å². The monoisotopic (exact) mass is 270 g/mol. The van der Waals surface area contributed by atoms with Crippen LogP contribution in [0.25, 0.3) is 20.7 Å². The van der Waals surface area contributed by atoms with Crippen molar-refractivity contribution >= 4 is 21.4 Å². The molecule has 0 aliphatic heterocycles. The summed E-state index contributed by atoms with van der Waals surface area (Å²) in [6, 6.07) is 11.3. The molecule has 0 atom stereocenters.